The molecule has 0 saturated heterocycles. The second-order valence-electron chi connectivity index (χ2n) is 2.30. The number of allylic oxidation sites excluding steroid dienone is 1. The SMILES string of the molecule is [CH-]=C(C)CCCCC.[Cu+]. The van der Waals surface area contributed by atoms with Crippen LogP contribution in [0.5, 0.6) is 0 Å². The average Bonchev–Trinajstić information content (AvgIpc) is 1.66. The fourth-order valence-corrected chi connectivity index (χ4v) is 0.654. The van der Waals surface area contributed by atoms with Crippen molar-refractivity contribution in [3.8, 4) is 0 Å². The second kappa shape index (κ2) is 8.26. The summed E-state index contributed by atoms with van der Waals surface area (Å²) in [5.74, 6) is 0. The molecule has 0 fully saturated rings. The first kappa shape index (κ1) is 12.0. The standard InChI is InChI=1S/C8H15.Cu/c1-4-5-6-7-8(2)3;/h2H,4-7H2,1,3H3;/q-1;+1. The van der Waals surface area contributed by atoms with Crippen molar-refractivity contribution < 1.29 is 17.1 Å². The van der Waals surface area contributed by atoms with Gasteiger partial charge in [-0.3, -0.25) is 5.57 Å². The quantitative estimate of drug-likeness (QED) is 0.349. The molecule has 0 aromatic rings. The summed E-state index contributed by atoms with van der Waals surface area (Å²) in [6, 6.07) is 0. The number of hydrogen-bond donors (Lipinski definition) is 0. The van der Waals surface area contributed by atoms with E-state index in [1.165, 1.54) is 19.3 Å². The molecule has 58 valence electrons. The molecule has 0 N–H and O–H groups in total. The Bertz CT molecular complexity index is 67.0. The van der Waals surface area contributed by atoms with Crippen LogP contribution in [0.4, 0.5) is 0 Å². The summed E-state index contributed by atoms with van der Waals surface area (Å²) in [6.45, 7) is 9.63. The predicted octanol–water partition coefficient (Wildman–Crippen LogP) is 2.94. The van der Waals surface area contributed by atoms with Gasteiger partial charge in [0.25, 0.3) is 0 Å². The normalized spacial score (nSPS) is 8.22. The smallest absolute Gasteiger partial charge is 0.515 e. The zero-order chi connectivity index (χ0) is 6.41. The Hall–Kier alpha value is 0.259. The van der Waals surface area contributed by atoms with Crippen molar-refractivity contribution >= 4 is 0 Å². The maximum Gasteiger partial charge on any atom is 1.00 e. The van der Waals surface area contributed by atoms with Crippen molar-refractivity contribution in [1.29, 1.82) is 0 Å². The van der Waals surface area contributed by atoms with Gasteiger partial charge < -0.3 is 6.58 Å². The Labute approximate surface area is 69.2 Å². The third kappa shape index (κ3) is 11.7. The zero-order valence-corrected chi connectivity index (χ0v) is 7.15. The molecule has 0 unspecified atom stereocenters. The molecule has 0 aromatic carbocycles. The molecule has 0 aliphatic heterocycles. The first-order valence-corrected chi connectivity index (χ1v) is 3.35. The van der Waals surface area contributed by atoms with Crippen LogP contribution in [-0.2, 0) is 17.1 Å². The van der Waals surface area contributed by atoms with Crippen molar-refractivity contribution in [3.05, 3.63) is 12.2 Å². The summed E-state index contributed by atoms with van der Waals surface area (Å²) < 4.78 is 0. The van der Waals surface area contributed by atoms with E-state index in [9.17, 15) is 0 Å². The first-order chi connectivity index (χ1) is 3.77. The van der Waals surface area contributed by atoms with Crippen LogP contribution in [0.25, 0.3) is 0 Å². The molecule has 0 heterocycles. The fraction of sp³-hybridized carbons (Fsp3) is 0.750. The Morgan fingerprint density at radius 3 is 2.22 bits per heavy atom. The molecule has 0 saturated carbocycles. The van der Waals surface area contributed by atoms with E-state index in [2.05, 4.69) is 6.92 Å². The van der Waals surface area contributed by atoms with E-state index in [0.29, 0.717) is 0 Å². The third-order valence-corrected chi connectivity index (χ3v) is 1.17. The molecule has 0 aromatic heterocycles. The molecule has 0 spiro atoms. The van der Waals surface area contributed by atoms with Crippen LogP contribution < -0.4 is 0 Å². The monoisotopic (exact) mass is 174 g/mol. The van der Waals surface area contributed by atoms with Crippen LogP contribution in [-0.4, -0.2) is 0 Å². The maximum atomic E-state index is 5.45. The largest absolute Gasteiger partial charge is 1.00 e. The molecular formula is C8H15Cu. The predicted molar refractivity (Wildman–Crippen MR) is 37.6 cm³/mol. The van der Waals surface area contributed by atoms with Gasteiger partial charge >= 0.3 is 17.1 Å². The van der Waals surface area contributed by atoms with Crippen molar-refractivity contribution in [1.82, 2.24) is 0 Å². The van der Waals surface area contributed by atoms with Crippen molar-refractivity contribution in [3.63, 3.8) is 0 Å². The Morgan fingerprint density at radius 2 is 1.89 bits per heavy atom. The van der Waals surface area contributed by atoms with Crippen molar-refractivity contribution in [2.45, 2.75) is 39.5 Å². The number of hydrogen-bond acceptors (Lipinski definition) is 0. The molecule has 9 heavy (non-hydrogen) atoms. The summed E-state index contributed by atoms with van der Waals surface area (Å²) in [6.07, 6.45) is 4.97. The van der Waals surface area contributed by atoms with Gasteiger partial charge in [-0.25, -0.2) is 0 Å². The van der Waals surface area contributed by atoms with Gasteiger partial charge in [0.2, 0.25) is 0 Å². The van der Waals surface area contributed by atoms with E-state index in [-0.39, 0.29) is 17.1 Å². The third-order valence-electron chi connectivity index (χ3n) is 1.17. The minimum Gasteiger partial charge on any atom is -0.515 e. The molecule has 0 bridgehead atoms. The minimum atomic E-state index is 0. The fourth-order valence-electron chi connectivity index (χ4n) is 0.654. The van der Waals surface area contributed by atoms with Gasteiger partial charge in [0, 0.05) is 0 Å². The van der Waals surface area contributed by atoms with Gasteiger partial charge in [0.05, 0.1) is 0 Å². The van der Waals surface area contributed by atoms with E-state index < -0.39 is 0 Å². The first-order valence-electron chi connectivity index (χ1n) is 3.35. The minimum absolute atomic E-state index is 0. The van der Waals surface area contributed by atoms with E-state index in [1.54, 1.807) is 0 Å². The van der Waals surface area contributed by atoms with Gasteiger partial charge in [-0.15, -0.1) is 0 Å². The molecule has 0 aliphatic carbocycles. The van der Waals surface area contributed by atoms with E-state index >= 15 is 0 Å². The Kier molecular flexibility index (Phi) is 11.0. The van der Waals surface area contributed by atoms with Gasteiger partial charge in [0.15, 0.2) is 0 Å². The van der Waals surface area contributed by atoms with Crippen LogP contribution in [0.2, 0.25) is 0 Å². The zero-order valence-electron chi connectivity index (χ0n) is 6.21. The van der Waals surface area contributed by atoms with Crippen LogP contribution in [0.15, 0.2) is 5.57 Å². The van der Waals surface area contributed by atoms with E-state index in [0.717, 1.165) is 12.0 Å². The molecule has 0 aliphatic rings. The van der Waals surface area contributed by atoms with Gasteiger partial charge in [-0.05, 0) is 0 Å². The summed E-state index contributed by atoms with van der Waals surface area (Å²) in [5, 5.41) is 0. The molecule has 0 nitrogen and oxygen atoms in total. The van der Waals surface area contributed by atoms with E-state index in [1.807, 2.05) is 6.92 Å². The van der Waals surface area contributed by atoms with Crippen LogP contribution in [0.1, 0.15) is 39.5 Å². The average molecular weight is 175 g/mol. The molecular weight excluding hydrogens is 160 g/mol. The summed E-state index contributed by atoms with van der Waals surface area (Å²) >= 11 is 0. The van der Waals surface area contributed by atoms with E-state index in [4.69, 9.17) is 6.58 Å². The van der Waals surface area contributed by atoms with Gasteiger partial charge in [-0.2, -0.15) is 0 Å². The van der Waals surface area contributed by atoms with Crippen LogP contribution in [0.3, 0.4) is 0 Å². The van der Waals surface area contributed by atoms with Crippen molar-refractivity contribution in [2.24, 2.45) is 0 Å². The maximum absolute atomic E-state index is 5.45. The second-order valence-corrected chi connectivity index (χ2v) is 2.30. The number of rotatable bonds is 4. The Balaban J connectivity index is 0. The topological polar surface area (TPSA) is 0 Å². The Morgan fingerprint density at radius 1 is 1.33 bits per heavy atom. The summed E-state index contributed by atoms with van der Waals surface area (Å²) in [7, 11) is 0. The van der Waals surface area contributed by atoms with Crippen LogP contribution >= 0.6 is 0 Å². The van der Waals surface area contributed by atoms with Crippen molar-refractivity contribution in [2.75, 3.05) is 0 Å². The molecule has 1 heteroatoms. The molecule has 0 rings (SSSR count). The number of unbranched alkanes of at least 4 members (excludes halogenated alkanes) is 2. The summed E-state index contributed by atoms with van der Waals surface area (Å²) in [5.41, 5.74) is 1.07. The van der Waals surface area contributed by atoms with Gasteiger partial charge in [0.1, 0.15) is 0 Å². The molecule has 0 radical (unpaired) electrons. The van der Waals surface area contributed by atoms with Crippen LogP contribution in [0, 0.1) is 6.58 Å². The van der Waals surface area contributed by atoms with Gasteiger partial charge in [-0.1, -0.05) is 39.5 Å². The molecule has 0 amide bonds. The summed E-state index contributed by atoms with van der Waals surface area (Å²) in [4.78, 5) is 0. The molecule has 0 atom stereocenters.